The van der Waals surface area contributed by atoms with Crippen molar-refractivity contribution in [1.82, 2.24) is 5.32 Å². The average Bonchev–Trinajstić information content (AvgIpc) is 2.46. The van der Waals surface area contributed by atoms with Gasteiger partial charge in [0.05, 0.1) is 0 Å². The van der Waals surface area contributed by atoms with Gasteiger partial charge in [0.15, 0.2) is 0 Å². The summed E-state index contributed by atoms with van der Waals surface area (Å²) in [5, 5.41) is 2.78. The number of benzene rings is 1. The van der Waals surface area contributed by atoms with Crippen molar-refractivity contribution in [3.05, 3.63) is 29.3 Å². The minimum atomic E-state index is -0.0406. The minimum Gasteiger partial charge on any atom is -0.359 e. The molecule has 1 aliphatic heterocycles. The van der Waals surface area contributed by atoms with Gasteiger partial charge >= 0.3 is 0 Å². The molecule has 0 radical (unpaired) electrons. The number of likely N-dealkylation sites (N-methyl/N-ethyl adjacent to an activating group) is 1. The number of nitrogens with two attached hydrogens (primary N) is 1. The third-order valence-electron chi connectivity index (χ3n) is 3.86. The number of amides is 1. The Balaban J connectivity index is 2.29. The van der Waals surface area contributed by atoms with Crippen LogP contribution in [0.15, 0.2) is 18.2 Å². The van der Waals surface area contributed by atoms with Crippen LogP contribution in [-0.4, -0.2) is 25.5 Å². The second-order valence-electron chi connectivity index (χ2n) is 5.14. The highest BCUT2D eigenvalue weighted by molar-refractivity contribution is 5.85. The van der Waals surface area contributed by atoms with Crippen molar-refractivity contribution in [2.24, 2.45) is 5.73 Å². The van der Waals surface area contributed by atoms with Gasteiger partial charge < -0.3 is 16.0 Å². The van der Waals surface area contributed by atoms with Crippen LogP contribution in [0.4, 0.5) is 5.69 Å². The van der Waals surface area contributed by atoms with E-state index >= 15 is 0 Å². The van der Waals surface area contributed by atoms with E-state index in [4.69, 9.17) is 5.73 Å². The molecule has 4 heteroatoms. The Morgan fingerprint density at radius 1 is 1.47 bits per heavy atom. The van der Waals surface area contributed by atoms with Crippen LogP contribution in [0.1, 0.15) is 30.4 Å². The van der Waals surface area contributed by atoms with Crippen LogP contribution in [0.3, 0.4) is 0 Å². The van der Waals surface area contributed by atoms with Gasteiger partial charge in [-0.25, -0.2) is 0 Å². The largest absolute Gasteiger partial charge is 0.359 e. The first-order valence-corrected chi connectivity index (χ1v) is 6.95. The van der Waals surface area contributed by atoms with Crippen LogP contribution in [0.5, 0.6) is 0 Å². The zero-order valence-corrected chi connectivity index (χ0v) is 11.8. The summed E-state index contributed by atoms with van der Waals surface area (Å²) in [5.41, 5.74) is 9.15. The number of hydrogen-bond donors (Lipinski definition) is 2. The van der Waals surface area contributed by atoms with E-state index in [1.165, 1.54) is 5.56 Å². The summed E-state index contributed by atoms with van der Waals surface area (Å²) in [4.78, 5) is 14.2. The molecular formula is C15H23N3O. The first kappa shape index (κ1) is 13.9. The summed E-state index contributed by atoms with van der Waals surface area (Å²) in [6.07, 6.45) is 3.19. The summed E-state index contributed by atoms with van der Waals surface area (Å²) >= 11 is 0. The third kappa shape index (κ3) is 2.89. The molecule has 1 aromatic rings. The fourth-order valence-corrected chi connectivity index (χ4v) is 2.83. The highest BCUT2D eigenvalue weighted by Crippen LogP contribution is 2.28. The normalized spacial score (nSPS) is 19.3. The smallest absolute Gasteiger partial charge is 0.242 e. The molecule has 0 bridgehead atoms. The predicted molar refractivity (Wildman–Crippen MR) is 78.1 cm³/mol. The number of carbonyl (C=O) groups is 1. The maximum absolute atomic E-state index is 12.0. The van der Waals surface area contributed by atoms with Crippen LogP contribution in [0.2, 0.25) is 0 Å². The van der Waals surface area contributed by atoms with Crippen LogP contribution < -0.4 is 16.0 Å². The van der Waals surface area contributed by atoms with Crippen molar-refractivity contribution < 1.29 is 4.79 Å². The van der Waals surface area contributed by atoms with Crippen LogP contribution in [-0.2, 0) is 11.3 Å². The second-order valence-corrected chi connectivity index (χ2v) is 5.14. The van der Waals surface area contributed by atoms with Crippen molar-refractivity contribution in [1.29, 1.82) is 0 Å². The molecule has 1 unspecified atom stereocenters. The summed E-state index contributed by atoms with van der Waals surface area (Å²) < 4.78 is 0. The van der Waals surface area contributed by atoms with Crippen molar-refractivity contribution in [3.8, 4) is 0 Å². The summed E-state index contributed by atoms with van der Waals surface area (Å²) in [5.74, 6) is 0.113. The monoisotopic (exact) mass is 261 g/mol. The molecule has 1 saturated heterocycles. The van der Waals surface area contributed by atoms with E-state index in [-0.39, 0.29) is 11.9 Å². The van der Waals surface area contributed by atoms with Gasteiger partial charge in [-0.1, -0.05) is 12.1 Å². The summed E-state index contributed by atoms with van der Waals surface area (Å²) in [7, 11) is 1.71. The zero-order valence-electron chi connectivity index (χ0n) is 11.8. The number of rotatable bonds is 3. The second kappa shape index (κ2) is 6.06. The molecule has 2 rings (SSSR count). The molecule has 3 N–H and O–H groups in total. The van der Waals surface area contributed by atoms with Gasteiger partial charge in [0.25, 0.3) is 0 Å². The molecule has 0 aliphatic carbocycles. The Labute approximate surface area is 115 Å². The van der Waals surface area contributed by atoms with Gasteiger partial charge in [-0.05, 0) is 43.4 Å². The minimum absolute atomic E-state index is 0.0406. The molecule has 19 heavy (non-hydrogen) atoms. The first-order valence-electron chi connectivity index (χ1n) is 6.95. The van der Waals surface area contributed by atoms with E-state index in [0.29, 0.717) is 6.54 Å². The quantitative estimate of drug-likeness (QED) is 0.868. The number of anilines is 1. The average molecular weight is 261 g/mol. The lowest BCUT2D eigenvalue weighted by atomic mass is 9.98. The molecule has 1 fully saturated rings. The number of piperidine rings is 1. The Kier molecular flexibility index (Phi) is 4.43. The highest BCUT2D eigenvalue weighted by Gasteiger charge is 2.28. The van der Waals surface area contributed by atoms with Crippen molar-refractivity contribution >= 4 is 11.6 Å². The predicted octanol–water partition coefficient (Wildman–Crippen LogP) is 1.56. The molecule has 1 aliphatic rings. The van der Waals surface area contributed by atoms with Crippen LogP contribution in [0.25, 0.3) is 0 Å². The number of carbonyl (C=O) groups excluding carboxylic acids is 1. The van der Waals surface area contributed by atoms with Gasteiger partial charge in [0.1, 0.15) is 6.04 Å². The third-order valence-corrected chi connectivity index (χ3v) is 3.86. The molecular weight excluding hydrogens is 238 g/mol. The van der Waals surface area contributed by atoms with E-state index in [9.17, 15) is 4.79 Å². The van der Waals surface area contributed by atoms with Crippen molar-refractivity contribution in [2.45, 2.75) is 38.8 Å². The molecule has 1 aromatic carbocycles. The Morgan fingerprint density at radius 2 is 2.26 bits per heavy atom. The zero-order chi connectivity index (χ0) is 13.8. The number of nitrogens with one attached hydrogen (secondary N) is 1. The molecule has 1 heterocycles. The SMILES string of the molecule is CNC(=O)C1CCCCN1c1ccc(CN)cc1C. The summed E-state index contributed by atoms with van der Waals surface area (Å²) in [6, 6.07) is 6.22. The van der Waals surface area contributed by atoms with Gasteiger partial charge in [-0.2, -0.15) is 0 Å². The van der Waals surface area contributed by atoms with E-state index in [1.807, 2.05) is 0 Å². The number of aryl methyl sites for hydroxylation is 1. The topological polar surface area (TPSA) is 58.4 Å². The molecule has 1 atom stereocenters. The maximum Gasteiger partial charge on any atom is 0.242 e. The van der Waals surface area contributed by atoms with Gasteiger partial charge in [0.2, 0.25) is 5.91 Å². The molecule has 0 saturated carbocycles. The lowest BCUT2D eigenvalue weighted by molar-refractivity contribution is -0.122. The first-order chi connectivity index (χ1) is 9.17. The fourth-order valence-electron chi connectivity index (χ4n) is 2.83. The van der Waals surface area contributed by atoms with Crippen LogP contribution >= 0.6 is 0 Å². The van der Waals surface area contributed by atoms with Gasteiger partial charge in [-0.15, -0.1) is 0 Å². The standard InChI is InChI=1S/C15H23N3O/c1-11-9-12(10-16)6-7-13(11)18-8-4-3-5-14(18)15(19)17-2/h6-7,9,14H,3-5,8,10,16H2,1-2H3,(H,17,19). The Hall–Kier alpha value is -1.55. The fraction of sp³-hybridized carbons (Fsp3) is 0.533. The Bertz CT molecular complexity index is 459. The van der Waals surface area contributed by atoms with E-state index in [2.05, 4.69) is 35.3 Å². The molecule has 4 nitrogen and oxygen atoms in total. The maximum atomic E-state index is 12.0. The van der Waals surface area contributed by atoms with E-state index in [1.54, 1.807) is 7.05 Å². The summed E-state index contributed by atoms with van der Waals surface area (Å²) in [6.45, 7) is 3.59. The lowest BCUT2D eigenvalue weighted by Crippen LogP contribution is -2.49. The molecule has 0 spiro atoms. The highest BCUT2D eigenvalue weighted by atomic mass is 16.2. The van der Waals surface area contributed by atoms with Crippen molar-refractivity contribution in [2.75, 3.05) is 18.5 Å². The lowest BCUT2D eigenvalue weighted by Gasteiger charge is -2.37. The van der Waals surface area contributed by atoms with Gasteiger partial charge in [-0.3, -0.25) is 4.79 Å². The van der Waals surface area contributed by atoms with E-state index in [0.717, 1.165) is 37.1 Å². The van der Waals surface area contributed by atoms with Crippen molar-refractivity contribution in [3.63, 3.8) is 0 Å². The van der Waals surface area contributed by atoms with E-state index < -0.39 is 0 Å². The Morgan fingerprint density at radius 3 is 2.89 bits per heavy atom. The molecule has 104 valence electrons. The molecule has 1 amide bonds. The van der Waals surface area contributed by atoms with Crippen LogP contribution in [0, 0.1) is 6.92 Å². The number of hydrogen-bond acceptors (Lipinski definition) is 3. The number of nitrogens with zero attached hydrogens (tertiary/aromatic N) is 1. The van der Waals surface area contributed by atoms with Gasteiger partial charge in [0, 0.05) is 25.8 Å². The molecule has 0 aromatic heterocycles.